The zero-order valence-electron chi connectivity index (χ0n) is 15.0. The van der Waals surface area contributed by atoms with Crippen LogP contribution < -0.4 is 4.90 Å². The Labute approximate surface area is 175 Å². The summed E-state index contributed by atoms with van der Waals surface area (Å²) >= 11 is 8.81. The van der Waals surface area contributed by atoms with E-state index < -0.39 is 0 Å². The smallest absolute Gasteiger partial charge is 0.288 e. The molecule has 28 heavy (non-hydrogen) atoms. The molecule has 0 N–H and O–H groups in total. The summed E-state index contributed by atoms with van der Waals surface area (Å²) in [5.74, 6) is 1.36. The topological polar surface area (TPSA) is 74.1 Å². The van der Waals surface area contributed by atoms with Gasteiger partial charge in [-0.1, -0.05) is 22.0 Å². The fourth-order valence-electron chi connectivity index (χ4n) is 3.10. The largest absolute Gasteiger partial charge is 0.409 e. The summed E-state index contributed by atoms with van der Waals surface area (Å²) in [5, 5.41) is 13.6. The first-order valence-corrected chi connectivity index (χ1v) is 10.00. The molecule has 3 heterocycles. The Balaban J connectivity index is 1.41. The Morgan fingerprint density at radius 2 is 2.00 bits per heavy atom. The quantitative estimate of drug-likeness (QED) is 0.554. The third-order valence-electron chi connectivity index (χ3n) is 4.58. The highest BCUT2D eigenvalue weighted by atomic mass is 79.9. The van der Waals surface area contributed by atoms with Crippen molar-refractivity contribution in [2.75, 3.05) is 31.1 Å². The Morgan fingerprint density at radius 1 is 1.18 bits per heavy atom. The van der Waals surface area contributed by atoms with Crippen LogP contribution in [0.15, 0.2) is 51.5 Å². The standard InChI is InChI=1S/C19H17BrN6OS/c20-16-3-1-2-15(11-16)18-23-26(19(28)27-18)13-24-6-8-25(9-7-24)17-10-14(12-21)4-5-22-17/h1-5,10-11H,6-9,13H2. The lowest BCUT2D eigenvalue weighted by Gasteiger charge is -2.35. The highest BCUT2D eigenvalue weighted by Gasteiger charge is 2.20. The number of nitriles is 1. The molecule has 0 atom stereocenters. The molecular formula is C19H17BrN6OS. The highest BCUT2D eigenvalue weighted by molar-refractivity contribution is 9.10. The molecule has 4 rings (SSSR count). The molecule has 1 aliphatic rings. The van der Waals surface area contributed by atoms with Crippen molar-refractivity contribution in [2.24, 2.45) is 0 Å². The van der Waals surface area contributed by atoms with Gasteiger partial charge in [-0.05, 0) is 42.5 Å². The maximum absolute atomic E-state index is 9.06. The fraction of sp³-hybridized carbons (Fsp3) is 0.263. The van der Waals surface area contributed by atoms with Gasteiger partial charge in [-0.15, -0.1) is 5.10 Å². The van der Waals surface area contributed by atoms with E-state index in [0.29, 0.717) is 23.0 Å². The Kier molecular flexibility index (Phi) is 5.52. The predicted octanol–water partition coefficient (Wildman–Crippen LogP) is 3.68. The zero-order valence-corrected chi connectivity index (χ0v) is 17.4. The molecule has 1 aliphatic heterocycles. The minimum Gasteiger partial charge on any atom is -0.409 e. The van der Waals surface area contributed by atoms with Gasteiger partial charge in [0.25, 0.3) is 4.84 Å². The number of halogens is 1. The molecule has 0 aliphatic carbocycles. The van der Waals surface area contributed by atoms with Crippen LogP contribution in [0.5, 0.6) is 0 Å². The number of benzene rings is 1. The van der Waals surface area contributed by atoms with E-state index >= 15 is 0 Å². The average Bonchev–Trinajstić information content (AvgIpc) is 3.09. The number of hydrogen-bond acceptors (Lipinski definition) is 7. The lowest BCUT2D eigenvalue weighted by Crippen LogP contribution is -2.47. The minimum absolute atomic E-state index is 0.362. The second-order valence-corrected chi connectivity index (χ2v) is 7.71. The van der Waals surface area contributed by atoms with E-state index in [1.165, 1.54) is 0 Å². The number of aromatic nitrogens is 3. The minimum atomic E-state index is 0.362. The molecule has 2 aromatic heterocycles. The lowest BCUT2D eigenvalue weighted by atomic mass is 10.2. The second kappa shape index (κ2) is 8.22. The van der Waals surface area contributed by atoms with Gasteiger partial charge in [0.05, 0.1) is 18.3 Å². The average molecular weight is 457 g/mol. The maximum Gasteiger partial charge on any atom is 0.288 e. The first kappa shape index (κ1) is 18.8. The Hall–Kier alpha value is -2.54. The van der Waals surface area contributed by atoms with Crippen LogP contribution in [-0.2, 0) is 6.67 Å². The number of anilines is 1. The molecule has 7 nitrogen and oxygen atoms in total. The molecule has 1 fully saturated rings. The van der Waals surface area contributed by atoms with E-state index in [2.05, 4.69) is 41.9 Å². The SMILES string of the molecule is N#Cc1ccnc(N2CCN(Cn3nc(-c4cccc(Br)c4)oc3=S)CC2)c1. The molecule has 1 aromatic carbocycles. The summed E-state index contributed by atoms with van der Waals surface area (Å²) in [4.78, 5) is 9.20. The zero-order chi connectivity index (χ0) is 19.5. The lowest BCUT2D eigenvalue weighted by molar-refractivity contribution is 0.192. The number of hydrogen-bond donors (Lipinski definition) is 0. The van der Waals surface area contributed by atoms with Gasteiger partial charge in [-0.2, -0.15) is 5.26 Å². The van der Waals surface area contributed by atoms with E-state index in [1.807, 2.05) is 30.3 Å². The number of piperazine rings is 1. The van der Waals surface area contributed by atoms with Crippen LogP contribution in [0, 0.1) is 16.2 Å². The molecule has 0 spiro atoms. The summed E-state index contributed by atoms with van der Waals surface area (Å²) in [5.41, 5.74) is 1.51. The van der Waals surface area contributed by atoms with Crippen molar-refractivity contribution in [3.05, 3.63) is 57.5 Å². The second-order valence-electron chi connectivity index (χ2n) is 6.44. The van der Waals surface area contributed by atoms with Gasteiger partial charge in [0.2, 0.25) is 5.89 Å². The summed E-state index contributed by atoms with van der Waals surface area (Å²) in [6.07, 6.45) is 1.68. The van der Waals surface area contributed by atoms with Gasteiger partial charge < -0.3 is 9.32 Å². The normalized spacial score (nSPS) is 14.8. The van der Waals surface area contributed by atoms with Crippen LogP contribution in [0.2, 0.25) is 0 Å². The van der Waals surface area contributed by atoms with Crippen LogP contribution in [0.25, 0.3) is 11.5 Å². The molecule has 0 bridgehead atoms. The van der Waals surface area contributed by atoms with Crippen LogP contribution >= 0.6 is 28.1 Å². The molecule has 3 aromatic rings. The maximum atomic E-state index is 9.06. The van der Waals surface area contributed by atoms with Gasteiger partial charge in [0.1, 0.15) is 5.82 Å². The summed E-state index contributed by atoms with van der Waals surface area (Å²) < 4.78 is 8.36. The van der Waals surface area contributed by atoms with Crippen molar-refractivity contribution in [2.45, 2.75) is 6.67 Å². The highest BCUT2D eigenvalue weighted by Crippen LogP contribution is 2.22. The molecule has 0 saturated carbocycles. The Morgan fingerprint density at radius 3 is 2.75 bits per heavy atom. The molecule has 9 heteroatoms. The monoisotopic (exact) mass is 456 g/mol. The van der Waals surface area contributed by atoms with Crippen LogP contribution in [0.1, 0.15) is 5.56 Å². The fourth-order valence-corrected chi connectivity index (χ4v) is 3.68. The summed E-state index contributed by atoms with van der Waals surface area (Å²) in [7, 11) is 0. The van der Waals surface area contributed by atoms with Crippen molar-refractivity contribution < 1.29 is 4.42 Å². The summed E-state index contributed by atoms with van der Waals surface area (Å²) in [6, 6.07) is 13.5. The van der Waals surface area contributed by atoms with Crippen molar-refractivity contribution in [3.63, 3.8) is 0 Å². The van der Waals surface area contributed by atoms with E-state index in [-0.39, 0.29) is 0 Å². The molecular weight excluding hydrogens is 440 g/mol. The van der Waals surface area contributed by atoms with E-state index in [4.69, 9.17) is 21.9 Å². The molecule has 0 amide bonds. The third-order valence-corrected chi connectivity index (χ3v) is 5.37. The molecule has 0 unspecified atom stereocenters. The first-order valence-electron chi connectivity index (χ1n) is 8.80. The van der Waals surface area contributed by atoms with E-state index in [0.717, 1.165) is 42.0 Å². The Bertz CT molecular complexity index is 1080. The molecule has 1 saturated heterocycles. The van der Waals surface area contributed by atoms with Crippen molar-refractivity contribution in [1.82, 2.24) is 19.7 Å². The predicted molar refractivity (Wildman–Crippen MR) is 111 cm³/mol. The first-order chi connectivity index (χ1) is 13.6. The van der Waals surface area contributed by atoms with E-state index in [1.54, 1.807) is 16.9 Å². The van der Waals surface area contributed by atoms with Crippen LogP contribution in [-0.4, -0.2) is 45.8 Å². The molecule has 0 radical (unpaired) electrons. The van der Waals surface area contributed by atoms with Gasteiger partial charge in [-0.3, -0.25) is 4.90 Å². The summed E-state index contributed by atoms with van der Waals surface area (Å²) in [6.45, 7) is 3.92. The van der Waals surface area contributed by atoms with Gasteiger partial charge in [0, 0.05) is 42.4 Å². The van der Waals surface area contributed by atoms with Crippen molar-refractivity contribution in [3.8, 4) is 17.5 Å². The number of nitrogens with zero attached hydrogens (tertiary/aromatic N) is 6. The van der Waals surface area contributed by atoms with Crippen LogP contribution in [0.3, 0.4) is 0 Å². The number of rotatable bonds is 4. The van der Waals surface area contributed by atoms with Gasteiger partial charge in [-0.25, -0.2) is 9.67 Å². The van der Waals surface area contributed by atoms with Crippen LogP contribution in [0.4, 0.5) is 5.82 Å². The number of pyridine rings is 1. The van der Waals surface area contributed by atoms with Gasteiger partial charge >= 0.3 is 0 Å². The van der Waals surface area contributed by atoms with Gasteiger partial charge in [0.15, 0.2) is 0 Å². The van der Waals surface area contributed by atoms with Crippen molar-refractivity contribution in [1.29, 1.82) is 5.26 Å². The van der Waals surface area contributed by atoms with E-state index in [9.17, 15) is 0 Å². The third kappa shape index (κ3) is 4.14. The van der Waals surface area contributed by atoms with Crippen molar-refractivity contribution >= 4 is 34.0 Å². The molecule has 142 valence electrons.